The monoisotopic (exact) mass is 388 g/mol. The highest BCUT2D eigenvalue weighted by atomic mass is 32.1. The van der Waals surface area contributed by atoms with Crippen molar-refractivity contribution in [2.24, 2.45) is 0 Å². The predicted molar refractivity (Wildman–Crippen MR) is 116 cm³/mol. The first-order chi connectivity index (χ1) is 12.7. The maximum absolute atomic E-state index is 2.36. The van der Waals surface area contributed by atoms with Crippen LogP contribution in [0.2, 0.25) is 0 Å². The van der Waals surface area contributed by atoms with Crippen molar-refractivity contribution in [3.05, 3.63) is 94.5 Å². The van der Waals surface area contributed by atoms with Gasteiger partial charge >= 0.3 is 0 Å². The molecule has 0 nitrogen and oxygen atoms in total. The summed E-state index contributed by atoms with van der Waals surface area (Å²) < 4.78 is 0. The fourth-order valence-corrected chi connectivity index (χ4v) is 7.28. The summed E-state index contributed by atoms with van der Waals surface area (Å²) in [7, 11) is 0. The van der Waals surface area contributed by atoms with Crippen LogP contribution in [0.5, 0.6) is 0 Å². The number of thiophene rings is 3. The van der Waals surface area contributed by atoms with Crippen LogP contribution in [0.4, 0.5) is 0 Å². The lowest BCUT2D eigenvalue weighted by Crippen LogP contribution is -1.86. The topological polar surface area (TPSA) is 0 Å². The van der Waals surface area contributed by atoms with Crippen molar-refractivity contribution in [1.82, 2.24) is 0 Å². The fraction of sp³-hybridized carbons (Fsp3) is 0.130. The van der Waals surface area contributed by atoms with E-state index in [4.69, 9.17) is 0 Å². The summed E-state index contributed by atoms with van der Waals surface area (Å²) in [6.45, 7) is 4.41. The molecule has 3 aliphatic rings. The first kappa shape index (κ1) is 15.2. The molecule has 0 saturated carbocycles. The third-order valence-electron chi connectivity index (χ3n) is 5.39. The molecule has 0 spiro atoms. The summed E-state index contributed by atoms with van der Waals surface area (Å²) in [6, 6.07) is 11.5. The summed E-state index contributed by atoms with van der Waals surface area (Å²) in [6.07, 6.45) is 5.75. The summed E-state index contributed by atoms with van der Waals surface area (Å²) in [4.78, 5) is 7.05. The molecule has 0 unspecified atom stereocenters. The third kappa shape index (κ3) is 1.88. The van der Waals surface area contributed by atoms with Crippen molar-refractivity contribution in [3.8, 4) is 0 Å². The van der Waals surface area contributed by atoms with Crippen LogP contribution in [0, 0.1) is 13.8 Å². The van der Waals surface area contributed by atoms with Gasteiger partial charge in [-0.3, -0.25) is 0 Å². The molecule has 3 aromatic heterocycles. The zero-order valence-electron chi connectivity index (χ0n) is 14.6. The van der Waals surface area contributed by atoms with Crippen LogP contribution < -0.4 is 0 Å². The maximum atomic E-state index is 2.36. The Labute approximate surface area is 165 Å². The number of hydrogen-bond acceptors (Lipinski definition) is 3. The fourth-order valence-electron chi connectivity index (χ4n) is 4.37. The Bertz CT molecular complexity index is 1210. The van der Waals surface area contributed by atoms with Crippen LogP contribution in [-0.2, 0) is 0 Å². The second-order valence-electron chi connectivity index (χ2n) is 6.98. The molecule has 3 heterocycles. The average molecular weight is 389 g/mol. The van der Waals surface area contributed by atoms with E-state index in [1.54, 1.807) is 0 Å². The first-order valence-corrected chi connectivity index (χ1v) is 11.3. The van der Waals surface area contributed by atoms with E-state index in [0.29, 0.717) is 0 Å². The summed E-state index contributed by atoms with van der Waals surface area (Å²) in [5, 5.41) is 2.26. The predicted octanol–water partition coefficient (Wildman–Crippen LogP) is 7.48. The van der Waals surface area contributed by atoms with Gasteiger partial charge in [0.15, 0.2) is 0 Å². The van der Waals surface area contributed by atoms with E-state index in [1.807, 2.05) is 34.0 Å². The number of hydrogen-bond donors (Lipinski definition) is 0. The lowest BCUT2D eigenvalue weighted by atomic mass is 9.98. The Kier molecular flexibility index (Phi) is 3.08. The number of aryl methyl sites for hydroxylation is 2. The Hall–Kier alpha value is -1.94. The Morgan fingerprint density at radius 1 is 0.769 bits per heavy atom. The van der Waals surface area contributed by atoms with Gasteiger partial charge in [-0.2, -0.15) is 0 Å². The standard InChI is InChI=1S/C23H16S3/c1-12-6-8-17(25-12)19-14-4-3-5-15(14)20-21(19)16-10-11-24-23(16)22(20)18-9-7-13(2)26-18/h3,5-11H,4H2,1-2H3. The lowest BCUT2D eigenvalue weighted by Gasteiger charge is -2.07. The van der Waals surface area contributed by atoms with Gasteiger partial charge in [0.1, 0.15) is 0 Å². The van der Waals surface area contributed by atoms with Crippen LogP contribution in [0.1, 0.15) is 36.4 Å². The molecular formula is C23H16S3. The Morgan fingerprint density at radius 3 is 2.19 bits per heavy atom. The molecule has 6 rings (SSSR count). The highest BCUT2D eigenvalue weighted by Crippen LogP contribution is 2.60. The van der Waals surface area contributed by atoms with Gasteiger partial charge < -0.3 is 0 Å². The van der Waals surface area contributed by atoms with E-state index in [0.717, 1.165) is 6.42 Å². The van der Waals surface area contributed by atoms with Crippen LogP contribution in [0.15, 0.2) is 64.6 Å². The van der Waals surface area contributed by atoms with Gasteiger partial charge in [0.25, 0.3) is 0 Å². The molecule has 0 aliphatic heterocycles. The molecule has 3 aromatic rings. The van der Waals surface area contributed by atoms with Gasteiger partial charge in [-0.15, -0.1) is 34.0 Å². The van der Waals surface area contributed by atoms with Gasteiger partial charge in [-0.05, 0) is 67.1 Å². The maximum Gasteiger partial charge on any atom is 0.0442 e. The molecule has 26 heavy (non-hydrogen) atoms. The normalized spacial score (nSPS) is 17.6. The average Bonchev–Trinajstić information content (AvgIpc) is 3.37. The lowest BCUT2D eigenvalue weighted by molar-refractivity contribution is 1.34. The molecule has 126 valence electrons. The van der Waals surface area contributed by atoms with Crippen molar-refractivity contribution in [3.63, 3.8) is 0 Å². The van der Waals surface area contributed by atoms with Crippen molar-refractivity contribution in [2.45, 2.75) is 20.3 Å². The van der Waals surface area contributed by atoms with Crippen LogP contribution in [0.3, 0.4) is 0 Å². The van der Waals surface area contributed by atoms with Crippen LogP contribution in [0.25, 0.3) is 16.7 Å². The van der Waals surface area contributed by atoms with E-state index in [9.17, 15) is 0 Å². The van der Waals surface area contributed by atoms with E-state index in [-0.39, 0.29) is 0 Å². The minimum Gasteiger partial charge on any atom is -0.143 e. The number of allylic oxidation sites excluding steroid dienone is 7. The van der Waals surface area contributed by atoms with E-state index in [1.165, 1.54) is 63.4 Å². The van der Waals surface area contributed by atoms with Gasteiger partial charge in [-0.25, -0.2) is 0 Å². The van der Waals surface area contributed by atoms with E-state index < -0.39 is 0 Å². The van der Waals surface area contributed by atoms with E-state index in [2.05, 4.69) is 61.7 Å². The molecule has 0 aromatic carbocycles. The highest BCUT2D eigenvalue weighted by Gasteiger charge is 2.40. The Balaban J connectivity index is 1.73. The first-order valence-electron chi connectivity index (χ1n) is 8.83. The molecule has 3 aliphatic carbocycles. The highest BCUT2D eigenvalue weighted by molar-refractivity contribution is 7.15. The summed E-state index contributed by atoms with van der Waals surface area (Å²) >= 11 is 5.73. The molecule has 0 fully saturated rings. The molecule has 0 saturated heterocycles. The number of rotatable bonds is 2. The van der Waals surface area contributed by atoms with Gasteiger partial charge in [0.05, 0.1) is 0 Å². The molecule has 0 atom stereocenters. The van der Waals surface area contributed by atoms with Gasteiger partial charge in [-0.1, -0.05) is 12.2 Å². The SMILES string of the molecule is Cc1ccc(C2=C3C(=C(c4ccc(C)s4)c4sccc43)C3=C2CC=C3)s1. The smallest absolute Gasteiger partial charge is 0.0442 e. The zero-order valence-corrected chi connectivity index (χ0v) is 17.0. The molecule has 0 N–H and O–H groups in total. The minimum absolute atomic E-state index is 1.06. The van der Waals surface area contributed by atoms with Crippen molar-refractivity contribution in [1.29, 1.82) is 0 Å². The zero-order chi connectivity index (χ0) is 17.4. The minimum atomic E-state index is 1.06. The van der Waals surface area contributed by atoms with Crippen LogP contribution in [-0.4, -0.2) is 0 Å². The second-order valence-corrected chi connectivity index (χ2v) is 10.5. The molecule has 0 radical (unpaired) electrons. The molecular weight excluding hydrogens is 372 g/mol. The van der Waals surface area contributed by atoms with Crippen molar-refractivity contribution in [2.75, 3.05) is 0 Å². The summed E-state index contributed by atoms with van der Waals surface area (Å²) in [5.74, 6) is 0. The van der Waals surface area contributed by atoms with Crippen molar-refractivity contribution < 1.29 is 0 Å². The van der Waals surface area contributed by atoms with E-state index >= 15 is 0 Å². The Morgan fingerprint density at radius 2 is 1.50 bits per heavy atom. The van der Waals surface area contributed by atoms with Crippen molar-refractivity contribution >= 4 is 50.7 Å². The molecule has 3 heteroatoms. The summed E-state index contributed by atoms with van der Waals surface area (Å²) in [5.41, 5.74) is 10.4. The second kappa shape index (κ2) is 5.29. The van der Waals surface area contributed by atoms with Crippen LogP contribution >= 0.6 is 34.0 Å². The van der Waals surface area contributed by atoms with Gasteiger partial charge in [0, 0.05) is 52.2 Å². The van der Waals surface area contributed by atoms with Gasteiger partial charge in [0.2, 0.25) is 0 Å². The molecule has 0 amide bonds. The third-order valence-corrected chi connectivity index (χ3v) is 8.36. The molecule has 0 bridgehead atoms. The largest absolute Gasteiger partial charge is 0.143 e. The number of fused-ring (bicyclic) bond motifs is 4. The quantitative estimate of drug-likeness (QED) is 0.427.